The molecule has 96 valence electrons. The SMILES string of the molecule is O=C(N[C@H](CO)C(=O)O)c1ccc([N+](=O)[O-])cc1. The smallest absolute Gasteiger partial charge is 0.328 e. The fraction of sp³-hybridized carbons (Fsp3) is 0.200. The number of aliphatic hydroxyl groups is 1. The van der Waals surface area contributed by atoms with Crippen molar-refractivity contribution < 1.29 is 24.7 Å². The molecule has 0 bridgehead atoms. The summed E-state index contributed by atoms with van der Waals surface area (Å²) in [5.41, 5.74) is -0.108. The van der Waals surface area contributed by atoms with Gasteiger partial charge in [0.25, 0.3) is 11.6 Å². The summed E-state index contributed by atoms with van der Waals surface area (Å²) in [6.07, 6.45) is 0. The number of hydrogen-bond donors (Lipinski definition) is 3. The fourth-order valence-electron chi connectivity index (χ4n) is 1.16. The molecule has 0 unspecified atom stereocenters. The highest BCUT2D eigenvalue weighted by Crippen LogP contribution is 2.11. The second-order valence-corrected chi connectivity index (χ2v) is 3.35. The van der Waals surface area contributed by atoms with Gasteiger partial charge in [-0.2, -0.15) is 0 Å². The topological polar surface area (TPSA) is 130 Å². The van der Waals surface area contributed by atoms with Gasteiger partial charge >= 0.3 is 5.97 Å². The predicted octanol–water partition coefficient (Wildman–Crippen LogP) is -0.230. The van der Waals surface area contributed by atoms with E-state index in [1.165, 1.54) is 12.1 Å². The summed E-state index contributed by atoms with van der Waals surface area (Å²) >= 11 is 0. The Morgan fingerprint density at radius 3 is 2.28 bits per heavy atom. The molecule has 3 N–H and O–H groups in total. The van der Waals surface area contributed by atoms with Gasteiger partial charge in [0.1, 0.15) is 0 Å². The van der Waals surface area contributed by atoms with Crippen LogP contribution in [0, 0.1) is 10.1 Å². The molecule has 1 aromatic carbocycles. The van der Waals surface area contributed by atoms with Gasteiger partial charge in [0, 0.05) is 17.7 Å². The van der Waals surface area contributed by atoms with Gasteiger partial charge in [-0.15, -0.1) is 0 Å². The third-order valence-corrected chi connectivity index (χ3v) is 2.13. The first kappa shape index (κ1) is 13.6. The lowest BCUT2D eigenvalue weighted by Gasteiger charge is -2.11. The van der Waals surface area contributed by atoms with E-state index in [0.29, 0.717) is 0 Å². The van der Waals surface area contributed by atoms with E-state index in [-0.39, 0.29) is 11.3 Å². The summed E-state index contributed by atoms with van der Waals surface area (Å²) in [5.74, 6) is -2.10. The van der Waals surface area contributed by atoms with Gasteiger partial charge in [0.15, 0.2) is 6.04 Å². The first-order valence-corrected chi connectivity index (χ1v) is 4.84. The third kappa shape index (κ3) is 3.25. The number of aliphatic carboxylic acids is 1. The number of nitrogens with zero attached hydrogens (tertiary/aromatic N) is 1. The van der Waals surface area contributed by atoms with Crippen LogP contribution in [-0.4, -0.2) is 39.7 Å². The van der Waals surface area contributed by atoms with Crippen LogP contribution in [0.5, 0.6) is 0 Å². The second-order valence-electron chi connectivity index (χ2n) is 3.35. The Bertz CT molecular complexity index is 470. The van der Waals surface area contributed by atoms with Crippen molar-refractivity contribution in [3.63, 3.8) is 0 Å². The van der Waals surface area contributed by atoms with E-state index < -0.39 is 29.4 Å². The minimum absolute atomic E-state index is 0.0697. The Morgan fingerprint density at radius 1 is 1.33 bits per heavy atom. The lowest BCUT2D eigenvalue weighted by molar-refractivity contribution is -0.384. The first-order valence-electron chi connectivity index (χ1n) is 4.84. The van der Waals surface area contributed by atoms with Crippen molar-refractivity contribution in [3.05, 3.63) is 39.9 Å². The number of carbonyl (C=O) groups excluding carboxylic acids is 1. The minimum atomic E-state index is -1.41. The molecule has 1 amide bonds. The fourth-order valence-corrected chi connectivity index (χ4v) is 1.16. The van der Waals surface area contributed by atoms with Crippen LogP contribution < -0.4 is 5.32 Å². The number of non-ortho nitro benzene ring substituents is 1. The minimum Gasteiger partial charge on any atom is -0.480 e. The second kappa shape index (κ2) is 5.73. The van der Waals surface area contributed by atoms with E-state index >= 15 is 0 Å². The van der Waals surface area contributed by atoms with Gasteiger partial charge in [0.05, 0.1) is 11.5 Å². The molecule has 0 aromatic heterocycles. The third-order valence-electron chi connectivity index (χ3n) is 2.13. The van der Waals surface area contributed by atoms with Gasteiger partial charge in [-0.25, -0.2) is 4.79 Å². The van der Waals surface area contributed by atoms with Crippen molar-refractivity contribution in [2.24, 2.45) is 0 Å². The van der Waals surface area contributed by atoms with Crippen molar-refractivity contribution in [2.75, 3.05) is 6.61 Å². The van der Waals surface area contributed by atoms with Crippen molar-refractivity contribution in [2.45, 2.75) is 6.04 Å². The highest BCUT2D eigenvalue weighted by atomic mass is 16.6. The molecule has 0 saturated carbocycles. The molecule has 0 aliphatic rings. The molecule has 1 atom stereocenters. The summed E-state index contributed by atoms with van der Waals surface area (Å²) in [6.45, 7) is -0.742. The van der Waals surface area contributed by atoms with E-state index in [1.807, 2.05) is 0 Å². The molecule has 18 heavy (non-hydrogen) atoms. The molecule has 8 nitrogen and oxygen atoms in total. The van der Waals surface area contributed by atoms with E-state index in [0.717, 1.165) is 12.1 Å². The van der Waals surface area contributed by atoms with Crippen LogP contribution in [0.15, 0.2) is 24.3 Å². The molecule has 1 aromatic rings. The van der Waals surface area contributed by atoms with Gasteiger partial charge < -0.3 is 15.5 Å². The Morgan fingerprint density at radius 2 is 1.89 bits per heavy atom. The highest BCUT2D eigenvalue weighted by molar-refractivity contribution is 5.96. The Kier molecular flexibility index (Phi) is 4.33. The van der Waals surface area contributed by atoms with E-state index in [2.05, 4.69) is 5.32 Å². The van der Waals surface area contributed by atoms with Gasteiger partial charge in [-0.05, 0) is 12.1 Å². The standard InChI is InChI=1S/C10H10N2O6/c13-5-8(10(15)16)11-9(14)6-1-3-7(4-2-6)12(17)18/h1-4,8,13H,5H2,(H,11,14)(H,15,16)/t8-/m1/s1. The maximum absolute atomic E-state index is 11.5. The molecular weight excluding hydrogens is 244 g/mol. The maximum Gasteiger partial charge on any atom is 0.328 e. The van der Waals surface area contributed by atoms with Crippen LogP contribution >= 0.6 is 0 Å². The van der Waals surface area contributed by atoms with Crippen LogP contribution in [0.2, 0.25) is 0 Å². The van der Waals surface area contributed by atoms with Crippen molar-refractivity contribution in [3.8, 4) is 0 Å². The average molecular weight is 254 g/mol. The largest absolute Gasteiger partial charge is 0.480 e. The molecule has 0 spiro atoms. The molecule has 1 rings (SSSR count). The molecule has 0 aliphatic carbocycles. The quantitative estimate of drug-likeness (QED) is 0.491. The molecule has 0 saturated heterocycles. The summed E-state index contributed by atoms with van der Waals surface area (Å²) in [6, 6.07) is 3.24. The van der Waals surface area contributed by atoms with Gasteiger partial charge in [-0.1, -0.05) is 0 Å². The number of nitro benzene ring substituents is 1. The number of hydrogen-bond acceptors (Lipinski definition) is 5. The summed E-state index contributed by atoms with van der Waals surface area (Å²) in [7, 11) is 0. The summed E-state index contributed by atoms with van der Waals surface area (Å²) in [5, 5.41) is 29.8. The average Bonchev–Trinajstić information content (AvgIpc) is 2.35. The van der Waals surface area contributed by atoms with Crippen LogP contribution in [0.25, 0.3) is 0 Å². The van der Waals surface area contributed by atoms with Crippen LogP contribution in [0.3, 0.4) is 0 Å². The van der Waals surface area contributed by atoms with Crippen molar-refractivity contribution in [1.82, 2.24) is 5.32 Å². The highest BCUT2D eigenvalue weighted by Gasteiger charge is 2.19. The molecule has 0 fully saturated rings. The maximum atomic E-state index is 11.5. The molecule has 0 heterocycles. The first-order chi connectivity index (χ1) is 8.45. The van der Waals surface area contributed by atoms with E-state index in [9.17, 15) is 19.7 Å². The Labute approximate surface area is 101 Å². The lowest BCUT2D eigenvalue weighted by atomic mass is 10.2. The number of nitro groups is 1. The van der Waals surface area contributed by atoms with E-state index in [4.69, 9.17) is 10.2 Å². The normalized spacial score (nSPS) is 11.6. The van der Waals surface area contributed by atoms with Crippen LogP contribution in [0.4, 0.5) is 5.69 Å². The van der Waals surface area contributed by atoms with Crippen molar-refractivity contribution in [1.29, 1.82) is 0 Å². The zero-order chi connectivity index (χ0) is 13.7. The van der Waals surface area contributed by atoms with Gasteiger partial charge in [-0.3, -0.25) is 14.9 Å². The zero-order valence-corrected chi connectivity index (χ0v) is 9.07. The number of carbonyl (C=O) groups is 2. The lowest BCUT2D eigenvalue weighted by Crippen LogP contribution is -2.43. The number of aliphatic hydroxyl groups excluding tert-OH is 1. The number of carboxylic acids is 1. The molecule has 0 radical (unpaired) electrons. The number of benzene rings is 1. The number of amides is 1. The van der Waals surface area contributed by atoms with Gasteiger partial charge in [0.2, 0.25) is 0 Å². The van der Waals surface area contributed by atoms with Crippen LogP contribution in [0.1, 0.15) is 10.4 Å². The number of rotatable bonds is 5. The molecular formula is C10H10N2O6. The number of carboxylic acid groups (broad SMARTS) is 1. The number of nitrogens with one attached hydrogen (secondary N) is 1. The predicted molar refractivity (Wildman–Crippen MR) is 59.1 cm³/mol. The van der Waals surface area contributed by atoms with Crippen LogP contribution in [-0.2, 0) is 4.79 Å². The monoisotopic (exact) mass is 254 g/mol. The molecule has 0 aliphatic heterocycles. The molecule has 8 heteroatoms. The van der Waals surface area contributed by atoms with Crippen molar-refractivity contribution >= 4 is 17.6 Å². The Hall–Kier alpha value is -2.48. The zero-order valence-electron chi connectivity index (χ0n) is 9.07. The van der Waals surface area contributed by atoms with E-state index in [1.54, 1.807) is 0 Å². The summed E-state index contributed by atoms with van der Waals surface area (Å²) < 4.78 is 0. The Balaban J connectivity index is 2.78. The summed E-state index contributed by atoms with van der Waals surface area (Å²) in [4.78, 5) is 31.9.